The quantitative estimate of drug-likeness (QED) is 0.0235. The molecular weight excluding hydrogens is 1140 g/mol. The molecule has 8 nitrogen and oxygen atoms in total. The summed E-state index contributed by atoms with van der Waals surface area (Å²) in [6, 6.07) is 42.5. The second-order valence-electron chi connectivity index (χ2n) is 16.7. The summed E-state index contributed by atoms with van der Waals surface area (Å²) in [5.41, 5.74) is 4.53. The standard InChI is InChI=1S/C9H6NO.C7H6ClNO.C7H7NO.C7H5NO.6C4H9.C2H.CH4.Cu.2Sn/c1-2-4-8(5-3-1)9-6-7-11-10-9;8-7(9-10)6-4-2-1-3-5-6;2*9-8-6-7-4-2-1-3-5-7;6*1-3-4-2;1-2;;;;/h1-6H;1-5,10H;1-6,9H;1-5H;6*1,3-4H2,2H3;1H;1H4;;;/q;;;;;;;;;;;;+1;;/b;9-7-;8-6+;;;;;;;;;;;;. The molecule has 380 valence electrons. The predicted molar refractivity (Wildman–Crippen MR) is 300 cm³/mol. The number of aromatic nitrogens is 1. The monoisotopic (exact) mass is 1230 g/mol. The first-order valence-corrected chi connectivity index (χ1v) is 39.8. The molecule has 0 bridgehead atoms. The van der Waals surface area contributed by atoms with Crippen LogP contribution in [-0.4, -0.2) is 63.7 Å². The van der Waals surface area contributed by atoms with Gasteiger partial charge in [-0.3, -0.25) is 0 Å². The fraction of sp³-hybridized carbons (Fsp3) is 0.439. The first-order chi connectivity index (χ1) is 32.7. The molecule has 0 atom stereocenters. The third-order valence-electron chi connectivity index (χ3n) is 11.5. The minimum Gasteiger partial charge on any atom is -0.498 e. The molecule has 69 heavy (non-hydrogen) atoms. The Morgan fingerprint density at radius 2 is 1.07 bits per heavy atom. The first-order valence-electron chi connectivity index (χ1n) is 24.5. The maximum atomic E-state index is 9.61. The summed E-state index contributed by atoms with van der Waals surface area (Å²) in [4.78, 5) is 0. The van der Waals surface area contributed by atoms with Gasteiger partial charge in [0.25, 0.3) is 0 Å². The fourth-order valence-corrected chi connectivity index (χ4v) is 34.8. The average Bonchev–Trinajstić information content (AvgIpc) is 3.90. The molecule has 5 aromatic rings. The number of hydrogen-bond acceptors (Lipinski definition) is 7. The van der Waals surface area contributed by atoms with Crippen molar-refractivity contribution in [3.05, 3.63) is 154 Å². The molecular formula is C57H83ClCuN4O4Sn2+. The molecule has 0 aliphatic heterocycles. The summed E-state index contributed by atoms with van der Waals surface area (Å²) >= 11 is 0.934. The zero-order valence-electron chi connectivity index (χ0n) is 41.7. The Morgan fingerprint density at radius 3 is 1.46 bits per heavy atom. The van der Waals surface area contributed by atoms with Crippen LogP contribution in [0.25, 0.3) is 16.3 Å². The summed E-state index contributed by atoms with van der Waals surface area (Å²) in [6.45, 7) is 13.8. The van der Waals surface area contributed by atoms with E-state index < -0.39 is 36.8 Å². The van der Waals surface area contributed by atoms with E-state index in [1.165, 1.54) is 119 Å². The van der Waals surface area contributed by atoms with Gasteiger partial charge in [0.05, 0.1) is 6.21 Å². The van der Waals surface area contributed by atoms with E-state index >= 15 is 0 Å². The van der Waals surface area contributed by atoms with Crippen molar-refractivity contribution in [1.82, 2.24) is 5.16 Å². The third-order valence-corrected chi connectivity index (χ3v) is 39.7. The van der Waals surface area contributed by atoms with Gasteiger partial charge in [-0.1, -0.05) is 108 Å². The number of benzene rings is 4. The molecule has 4 aromatic carbocycles. The molecule has 1 heterocycles. The van der Waals surface area contributed by atoms with Crippen LogP contribution in [0.1, 0.15) is 143 Å². The molecule has 0 spiro atoms. The van der Waals surface area contributed by atoms with Crippen molar-refractivity contribution in [2.45, 2.75) is 153 Å². The van der Waals surface area contributed by atoms with E-state index in [2.05, 4.69) is 108 Å². The Kier molecular flexibility index (Phi) is 43.2. The largest absolute Gasteiger partial charge is 1.00 e. The molecule has 0 amide bonds. The van der Waals surface area contributed by atoms with E-state index in [9.17, 15) is 5.21 Å². The van der Waals surface area contributed by atoms with Gasteiger partial charge in [-0.2, -0.15) is 0 Å². The van der Waals surface area contributed by atoms with Crippen LogP contribution in [0.5, 0.6) is 0 Å². The zero-order chi connectivity index (χ0) is 49.3. The van der Waals surface area contributed by atoms with E-state index in [1.54, 1.807) is 24.3 Å². The van der Waals surface area contributed by atoms with Crippen LogP contribution in [-0.2, 0) is 17.1 Å². The van der Waals surface area contributed by atoms with Crippen molar-refractivity contribution in [3.63, 3.8) is 0 Å². The van der Waals surface area contributed by atoms with Gasteiger partial charge in [0, 0.05) is 10.6 Å². The Morgan fingerprint density at radius 1 is 0.667 bits per heavy atom. The van der Waals surface area contributed by atoms with Crippen LogP contribution in [0.15, 0.2) is 142 Å². The number of oxime groups is 2. The van der Waals surface area contributed by atoms with Crippen molar-refractivity contribution >= 4 is 63.5 Å². The van der Waals surface area contributed by atoms with E-state index in [0.29, 0.717) is 11.1 Å². The van der Waals surface area contributed by atoms with Crippen LogP contribution in [0.2, 0.25) is 26.6 Å². The predicted octanol–water partition coefficient (Wildman–Crippen LogP) is 17.5. The van der Waals surface area contributed by atoms with Gasteiger partial charge in [-0.25, -0.2) is 0 Å². The summed E-state index contributed by atoms with van der Waals surface area (Å²) in [6.07, 6.45) is 23.3. The number of unbranched alkanes of at least 4 members (excludes halogenated alkanes) is 6. The zero-order valence-corrected chi connectivity index (χ0v) is 49.1. The van der Waals surface area contributed by atoms with E-state index in [4.69, 9.17) is 33.0 Å². The maximum absolute atomic E-state index is 9.61. The normalized spacial score (nSPS) is 10.6. The minimum atomic E-state index is -2.47. The number of hydrogen-bond donors (Lipinski definition) is 2. The van der Waals surface area contributed by atoms with Gasteiger partial charge < -0.3 is 15.6 Å². The summed E-state index contributed by atoms with van der Waals surface area (Å²) in [7, 11) is 0. The van der Waals surface area contributed by atoms with Gasteiger partial charge >= 0.3 is 277 Å². The molecule has 1 aromatic heterocycles. The Balaban J connectivity index is 0. The summed E-state index contributed by atoms with van der Waals surface area (Å²) in [5.74, 6) is 0. The molecule has 0 unspecified atom stereocenters. The van der Waals surface area contributed by atoms with E-state index in [1.807, 2.05) is 66.7 Å². The molecule has 12 heteroatoms. The Labute approximate surface area is 441 Å². The van der Waals surface area contributed by atoms with Crippen LogP contribution >= 0.6 is 11.6 Å². The van der Waals surface area contributed by atoms with Gasteiger partial charge in [0.1, 0.15) is 5.56 Å². The molecule has 0 fully saturated rings. The minimum absolute atomic E-state index is 0. The summed E-state index contributed by atoms with van der Waals surface area (Å²) < 4.78 is 19.3. The molecule has 0 saturated heterocycles. The average molecular weight is 1220 g/mol. The van der Waals surface area contributed by atoms with Gasteiger partial charge in [-0.15, -0.1) is 0 Å². The van der Waals surface area contributed by atoms with Crippen molar-refractivity contribution in [1.29, 1.82) is 0 Å². The SMILES string of the molecule is C.C#[C][Sn]([CH2]CCC)([CH2]CCC)[CH2]CCC.CCC[CH2][Sn]([CH2]CCC)([CH2]CCC)[c]1cc(-c2ccccc2)no1.O/N=C(\Cl)c1ccccc1.O/N=C/c1ccccc1.[Cu+].[O-][N+]#Cc1ccccc1. The molecule has 5 rings (SSSR count). The first kappa shape index (κ1) is 67.4. The van der Waals surface area contributed by atoms with Crippen LogP contribution in [0.3, 0.4) is 0 Å². The molecule has 0 aliphatic rings. The Hall–Kier alpha value is -3.71. The van der Waals surface area contributed by atoms with E-state index in [-0.39, 0.29) is 29.7 Å². The topological polar surface area (TPSA) is 119 Å². The Bertz CT molecular complexity index is 2070. The number of terminal acetylenes is 1. The van der Waals surface area contributed by atoms with Crippen molar-refractivity contribution < 1.29 is 32.0 Å². The van der Waals surface area contributed by atoms with Crippen molar-refractivity contribution in [3.8, 4) is 27.7 Å². The molecule has 2 N–H and O–H groups in total. The van der Waals surface area contributed by atoms with Gasteiger partial charge in [0.15, 0.2) is 5.17 Å². The second-order valence-corrected chi connectivity index (χ2v) is 42.5. The van der Waals surface area contributed by atoms with Crippen LogP contribution in [0, 0.1) is 21.6 Å². The number of rotatable bonds is 22. The fourth-order valence-electron chi connectivity index (χ4n) is 7.50. The third kappa shape index (κ3) is 29.3. The number of nitrogens with zero attached hydrogens (tertiary/aromatic N) is 4. The van der Waals surface area contributed by atoms with Gasteiger partial charge in [0.2, 0.25) is 0 Å². The van der Waals surface area contributed by atoms with Crippen molar-refractivity contribution in [2.75, 3.05) is 0 Å². The van der Waals surface area contributed by atoms with Crippen LogP contribution in [0.4, 0.5) is 0 Å². The van der Waals surface area contributed by atoms with E-state index in [0.717, 1.165) is 11.3 Å². The smallest absolute Gasteiger partial charge is 0.498 e. The second kappa shape index (κ2) is 44.2. The summed E-state index contributed by atoms with van der Waals surface area (Å²) in [5, 5.41) is 38.7. The van der Waals surface area contributed by atoms with Crippen LogP contribution < -0.4 is 3.78 Å². The molecule has 0 radical (unpaired) electrons. The maximum Gasteiger partial charge on any atom is 1.00 e. The molecule has 0 saturated carbocycles. The van der Waals surface area contributed by atoms with Gasteiger partial charge in [-0.05, 0) is 17.7 Å². The van der Waals surface area contributed by atoms with Crippen molar-refractivity contribution in [2.24, 2.45) is 10.3 Å². The molecule has 0 aliphatic carbocycles. The number of halogens is 1.